The quantitative estimate of drug-likeness (QED) is 0.910. The van der Waals surface area contributed by atoms with Crippen molar-refractivity contribution >= 4 is 27.7 Å². The van der Waals surface area contributed by atoms with Crippen LogP contribution in [0.3, 0.4) is 0 Å². The number of halogens is 1. The molecule has 1 aliphatic rings. The fraction of sp³-hybridized carbons (Fsp3) is 0.600. The summed E-state index contributed by atoms with van der Waals surface area (Å²) in [5.41, 5.74) is 8.69. The van der Waals surface area contributed by atoms with Crippen LogP contribution in [0.1, 0.15) is 31.0 Å². The Bertz CT molecular complexity index is 438. The minimum Gasteiger partial charge on any atom is -0.329 e. The molecule has 0 radical (unpaired) electrons. The van der Waals surface area contributed by atoms with Crippen molar-refractivity contribution in [3.63, 3.8) is 0 Å². The molecule has 0 bridgehead atoms. The van der Waals surface area contributed by atoms with Gasteiger partial charge in [-0.1, -0.05) is 35.0 Å². The summed E-state index contributed by atoms with van der Waals surface area (Å²) in [5.74, 6) is 1.21. The summed E-state index contributed by atoms with van der Waals surface area (Å²) >= 11 is 5.64. The summed E-state index contributed by atoms with van der Waals surface area (Å²) < 4.78 is 1.17. The number of aryl methyl sites for hydroxylation is 1. The van der Waals surface area contributed by atoms with Crippen LogP contribution in [0.15, 0.2) is 22.7 Å². The zero-order valence-corrected chi connectivity index (χ0v) is 14.3. The molecule has 3 atom stereocenters. The fourth-order valence-corrected chi connectivity index (χ4v) is 4.10. The molecule has 1 heterocycles. The van der Waals surface area contributed by atoms with Crippen LogP contribution in [0, 0.1) is 6.92 Å². The Hall–Kier alpha value is -0.0300. The van der Waals surface area contributed by atoms with Gasteiger partial charge in [-0.3, -0.25) is 4.90 Å². The Kier molecular flexibility index (Phi) is 5.35. The Morgan fingerprint density at radius 2 is 2.21 bits per heavy atom. The second kappa shape index (κ2) is 6.61. The van der Waals surface area contributed by atoms with Gasteiger partial charge in [-0.15, -0.1) is 0 Å². The molecule has 1 aromatic rings. The highest BCUT2D eigenvalue weighted by Crippen LogP contribution is 2.32. The van der Waals surface area contributed by atoms with Gasteiger partial charge in [-0.05, 0) is 31.0 Å². The maximum atomic E-state index is 6.07. The number of nitrogens with zero attached hydrogens (tertiary/aromatic N) is 1. The number of nitrogens with two attached hydrogens (primary N) is 1. The third kappa shape index (κ3) is 3.35. The van der Waals surface area contributed by atoms with Crippen LogP contribution in [-0.2, 0) is 0 Å². The first kappa shape index (κ1) is 15.4. The molecule has 19 heavy (non-hydrogen) atoms. The molecule has 1 saturated heterocycles. The van der Waals surface area contributed by atoms with Crippen LogP contribution in [0.25, 0.3) is 0 Å². The van der Waals surface area contributed by atoms with E-state index in [0.29, 0.717) is 23.9 Å². The van der Waals surface area contributed by atoms with Crippen LogP contribution >= 0.6 is 27.7 Å². The average molecular weight is 343 g/mol. The van der Waals surface area contributed by atoms with E-state index < -0.39 is 0 Å². The van der Waals surface area contributed by atoms with Gasteiger partial charge < -0.3 is 5.73 Å². The maximum Gasteiger partial charge on any atom is 0.0474 e. The molecule has 2 rings (SSSR count). The normalized spacial score (nSPS) is 26.4. The van der Waals surface area contributed by atoms with Crippen molar-refractivity contribution in [1.82, 2.24) is 4.90 Å². The maximum absolute atomic E-state index is 6.07. The van der Waals surface area contributed by atoms with E-state index >= 15 is 0 Å². The molecule has 0 amide bonds. The standard InChI is InChI=1S/C15H23BrN2S/c1-10-8-13(4-5-14(10)16)15(9-17)18-6-7-19-12(3)11(18)2/h4-5,8,11-12,15H,6-7,9,17H2,1-3H3. The molecule has 2 N–H and O–H groups in total. The lowest BCUT2D eigenvalue weighted by atomic mass is 10.0. The van der Waals surface area contributed by atoms with Crippen molar-refractivity contribution in [2.75, 3.05) is 18.8 Å². The molecule has 106 valence electrons. The van der Waals surface area contributed by atoms with Gasteiger partial charge in [0.25, 0.3) is 0 Å². The van der Waals surface area contributed by atoms with Crippen LogP contribution in [-0.4, -0.2) is 35.0 Å². The Balaban J connectivity index is 2.25. The molecule has 1 aliphatic heterocycles. The van der Waals surface area contributed by atoms with Crippen molar-refractivity contribution in [3.05, 3.63) is 33.8 Å². The van der Waals surface area contributed by atoms with Gasteiger partial charge in [0.05, 0.1) is 0 Å². The van der Waals surface area contributed by atoms with E-state index in [4.69, 9.17) is 5.73 Å². The summed E-state index contributed by atoms with van der Waals surface area (Å²) in [6.07, 6.45) is 0. The number of hydrogen-bond acceptors (Lipinski definition) is 3. The monoisotopic (exact) mass is 342 g/mol. The Morgan fingerprint density at radius 3 is 2.84 bits per heavy atom. The van der Waals surface area contributed by atoms with E-state index in [1.165, 1.54) is 21.4 Å². The van der Waals surface area contributed by atoms with Crippen LogP contribution in [0.2, 0.25) is 0 Å². The van der Waals surface area contributed by atoms with Crippen molar-refractivity contribution in [2.45, 2.75) is 38.1 Å². The van der Waals surface area contributed by atoms with E-state index in [1.807, 2.05) is 0 Å². The highest BCUT2D eigenvalue weighted by molar-refractivity contribution is 9.10. The molecule has 1 aromatic carbocycles. The lowest BCUT2D eigenvalue weighted by Crippen LogP contribution is -2.48. The van der Waals surface area contributed by atoms with Crippen LogP contribution in [0.5, 0.6) is 0 Å². The van der Waals surface area contributed by atoms with Crippen molar-refractivity contribution < 1.29 is 0 Å². The predicted molar refractivity (Wildman–Crippen MR) is 88.8 cm³/mol. The first-order valence-corrected chi connectivity index (χ1v) is 8.72. The van der Waals surface area contributed by atoms with E-state index in [-0.39, 0.29) is 0 Å². The second-order valence-electron chi connectivity index (χ2n) is 5.31. The molecule has 0 saturated carbocycles. The van der Waals surface area contributed by atoms with Gasteiger partial charge >= 0.3 is 0 Å². The molecule has 2 nitrogen and oxygen atoms in total. The van der Waals surface area contributed by atoms with Gasteiger partial charge in [0.15, 0.2) is 0 Å². The second-order valence-corrected chi connectivity index (χ2v) is 7.65. The molecule has 0 aliphatic carbocycles. The fourth-order valence-electron chi connectivity index (χ4n) is 2.73. The number of hydrogen-bond donors (Lipinski definition) is 1. The van der Waals surface area contributed by atoms with E-state index in [9.17, 15) is 0 Å². The summed E-state index contributed by atoms with van der Waals surface area (Å²) in [4.78, 5) is 2.57. The molecule has 0 aromatic heterocycles. The smallest absolute Gasteiger partial charge is 0.0474 e. The predicted octanol–water partition coefficient (Wildman–Crippen LogP) is 3.58. The van der Waals surface area contributed by atoms with Gasteiger partial charge in [0.1, 0.15) is 0 Å². The van der Waals surface area contributed by atoms with Crippen LogP contribution in [0.4, 0.5) is 0 Å². The minimum atomic E-state index is 0.338. The van der Waals surface area contributed by atoms with E-state index in [0.717, 1.165) is 6.54 Å². The van der Waals surface area contributed by atoms with Crippen molar-refractivity contribution in [2.24, 2.45) is 5.73 Å². The van der Waals surface area contributed by atoms with Crippen molar-refractivity contribution in [1.29, 1.82) is 0 Å². The number of thioether (sulfide) groups is 1. The van der Waals surface area contributed by atoms with Gasteiger partial charge in [0.2, 0.25) is 0 Å². The molecular formula is C15H23BrN2S. The molecule has 4 heteroatoms. The highest BCUT2D eigenvalue weighted by atomic mass is 79.9. The lowest BCUT2D eigenvalue weighted by Gasteiger charge is -2.42. The van der Waals surface area contributed by atoms with Gasteiger partial charge in [-0.25, -0.2) is 0 Å². The summed E-state index contributed by atoms with van der Waals surface area (Å²) in [7, 11) is 0. The largest absolute Gasteiger partial charge is 0.329 e. The minimum absolute atomic E-state index is 0.338. The molecule has 1 fully saturated rings. The number of benzene rings is 1. The number of rotatable bonds is 3. The van der Waals surface area contributed by atoms with Crippen LogP contribution < -0.4 is 5.73 Å². The zero-order valence-electron chi connectivity index (χ0n) is 11.9. The molecule has 3 unspecified atom stereocenters. The zero-order chi connectivity index (χ0) is 14.0. The van der Waals surface area contributed by atoms with E-state index in [2.05, 4.69) is 71.6 Å². The van der Waals surface area contributed by atoms with Gasteiger partial charge in [0, 0.05) is 40.6 Å². The Morgan fingerprint density at radius 1 is 1.47 bits per heavy atom. The van der Waals surface area contributed by atoms with Crippen molar-refractivity contribution in [3.8, 4) is 0 Å². The first-order valence-electron chi connectivity index (χ1n) is 6.88. The average Bonchev–Trinajstić information content (AvgIpc) is 2.39. The summed E-state index contributed by atoms with van der Waals surface area (Å²) in [5, 5.41) is 0.680. The highest BCUT2D eigenvalue weighted by Gasteiger charge is 2.30. The summed E-state index contributed by atoms with van der Waals surface area (Å²) in [6.45, 7) is 8.60. The SMILES string of the molecule is Cc1cc(C(CN)N2CCSC(C)C2C)ccc1Br. The van der Waals surface area contributed by atoms with Gasteiger partial charge in [-0.2, -0.15) is 11.8 Å². The molecular weight excluding hydrogens is 320 g/mol. The third-order valence-electron chi connectivity index (χ3n) is 4.12. The Labute approximate surface area is 129 Å². The third-order valence-corrected chi connectivity index (χ3v) is 6.35. The topological polar surface area (TPSA) is 29.3 Å². The van der Waals surface area contributed by atoms with E-state index in [1.54, 1.807) is 0 Å². The lowest BCUT2D eigenvalue weighted by molar-refractivity contribution is 0.150. The first-order chi connectivity index (χ1) is 9.04. The summed E-state index contributed by atoms with van der Waals surface area (Å²) in [6, 6.07) is 7.52. The molecule has 0 spiro atoms.